The molecule has 1 saturated carbocycles. The largest absolute Gasteiger partial charge is 0.490 e. The van der Waals surface area contributed by atoms with Crippen molar-refractivity contribution in [3.05, 3.63) is 29.6 Å². The second kappa shape index (κ2) is 5.83. The molecule has 1 aromatic rings. The zero-order valence-electron chi connectivity index (χ0n) is 10.4. The van der Waals surface area contributed by atoms with Crippen molar-refractivity contribution in [1.82, 2.24) is 5.32 Å². The van der Waals surface area contributed by atoms with Gasteiger partial charge in [-0.3, -0.25) is 5.32 Å². The SMILES string of the molecule is Cc1ccc(F)c(OCCC(C#N)NC2CC2)c1. The van der Waals surface area contributed by atoms with Gasteiger partial charge in [-0.05, 0) is 37.5 Å². The van der Waals surface area contributed by atoms with Crippen LogP contribution in [0, 0.1) is 24.1 Å². The van der Waals surface area contributed by atoms with Gasteiger partial charge in [-0.25, -0.2) is 4.39 Å². The molecule has 0 amide bonds. The molecule has 2 rings (SSSR count). The van der Waals surface area contributed by atoms with Gasteiger partial charge in [0.05, 0.1) is 18.7 Å². The highest BCUT2D eigenvalue weighted by atomic mass is 19.1. The molecule has 1 aromatic carbocycles. The molecular formula is C14H17FN2O. The highest BCUT2D eigenvalue weighted by Crippen LogP contribution is 2.21. The second-order valence-corrected chi connectivity index (χ2v) is 4.69. The lowest BCUT2D eigenvalue weighted by Crippen LogP contribution is -2.31. The highest BCUT2D eigenvalue weighted by Gasteiger charge is 2.24. The van der Waals surface area contributed by atoms with Crippen LogP contribution in [0.1, 0.15) is 24.8 Å². The first kappa shape index (κ1) is 12.8. The Labute approximate surface area is 107 Å². The molecule has 1 fully saturated rings. The number of rotatable bonds is 6. The third kappa shape index (κ3) is 3.71. The van der Waals surface area contributed by atoms with E-state index in [2.05, 4.69) is 11.4 Å². The van der Waals surface area contributed by atoms with Gasteiger partial charge in [0.15, 0.2) is 11.6 Å². The Bertz CT molecular complexity index is 452. The minimum Gasteiger partial charge on any atom is -0.490 e. The van der Waals surface area contributed by atoms with Crippen molar-refractivity contribution in [2.75, 3.05) is 6.61 Å². The Kier molecular flexibility index (Phi) is 4.16. The Morgan fingerprint density at radius 1 is 1.56 bits per heavy atom. The van der Waals surface area contributed by atoms with Gasteiger partial charge in [-0.2, -0.15) is 5.26 Å². The predicted octanol–water partition coefficient (Wildman–Crippen LogP) is 2.55. The van der Waals surface area contributed by atoms with Crippen LogP contribution in [0.4, 0.5) is 4.39 Å². The lowest BCUT2D eigenvalue weighted by Gasteiger charge is -2.12. The van der Waals surface area contributed by atoms with Crippen LogP contribution in [0.3, 0.4) is 0 Å². The van der Waals surface area contributed by atoms with E-state index >= 15 is 0 Å². The summed E-state index contributed by atoms with van der Waals surface area (Å²) in [6.45, 7) is 2.23. The summed E-state index contributed by atoms with van der Waals surface area (Å²) in [6.07, 6.45) is 2.86. The number of halogens is 1. The van der Waals surface area contributed by atoms with Crippen molar-refractivity contribution in [1.29, 1.82) is 5.26 Å². The number of aryl methyl sites for hydroxylation is 1. The van der Waals surface area contributed by atoms with Crippen molar-refractivity contribution in [3.63, 3.8) is 0 Å². The molecule has 4 heteroatoms. The van der Waals surface area contributed by atoms with Gasteiger partial charge in [0, 0.05) is 12.5 Å². The fourth-order valence-corrected chi connectivity index (χ4v) is 1.73. The third-order valence-electron chi connectivity index (χ3n) is 2.92. The predicted molar refractivity (Wildman–Crippen MR) is 66.8 cm³/mol. The number of hydrogen-bond acceptors (Lipinski definition) is 3. The van der Waals surface area contributed by atoms with Gasteiger partial charge < -0.3 is 4.74 Å². The van der Waals surface area contributed by atoms with Gasteiger partial charge in [0.25, 0.3) is 0 Å². The molecule has 0 bridgehead atoms. The van der Waals surface area contributed by atoms with E-state index in [1.165, 1.54) is 6.07 Å². The molecule has 1 atom stereocenters. The monoisotopic (exact) mass is 248 g/mol. The smallest absolute Gasteiger partial charge is 0.165 e. The zero-order chi connectivity index (χ0) is 13.0. The first-order valence-corrected chi connectivity index (χ1v) is 6.23. The molecule has 1 N–H and O–H groups in total. The maximum absolute atomic E-state index is 13.4. The molecule has 0 aliphatic heterocycles. The van der Waals surface area contributed by atoms with Gasteiger partial charge in [-0.15, -0.1) is 0 Å². The van der Waals surface area contributed by atoms with E-state index in [1.54, 1.807) is 12.1 Å². The lowest BCUT2D eigenvalue weighted by atomic mass is 10.2. The fraction of sp³-hybridized carbons (Fsp3) is 0.500. The van der Waals surface area contributed by atoms with Crippen LogP contribution in [0.2, 0.25) is 0 Å². The van der Waals surface area contributed by atoms with Crippen LogP contribution in [0.15, 0.2) is 18.2 Å². The molecule has 0 aromatic heterocycles. The van der Waals surface area contributed by atoms with Gasteiger partial charge in [-0.1, -0.05) is 6.07 Å². The van der Waals surface area contributed by atoms with E-state index in [9.17, 15) is 4.39 Å². The summed E-state index contributed by atoms with van der Waals surface area (Å²) in [7, 11) is 0. The van der Waals surface area contributed by atoms with Crippen LogP contribution in [0.5, 0.6) is 5.75 Å². The minimum atomic E-state index is -0.357. The lowest BCUT2D eigenvalue weighted by molar-refractivity contribution is 0.283. The number of nitrogens with zero attached hydrogens (tertiary/aromatic N) is 1. The van der Waals surface area contributed by atoms with E-state index in [0.717, 1.165) is 18.4 Å². The number of benzene rings is 1. The summed E-state index contributed by atoms with van der Waals surface area (Å²) >= 11 is 0. The maximum Gasteiger partial charge on any atom is 0.165 e. The van der Waals surface area contributed by atoms with Crippen LogP contribution in [-0.2, 0) is 0 Å². The first-order valence-electron chi connectivity index (χ1n) is 6.23. The van der Waals surface area contributed by atoms with Crippen molar-refractivity contribution < 1.29 is 9.13 Å². The Balaban J connectivity index is 1.79. The Hall–Kier alpha value is -1.60. The normalized spacial score (nSPS) is 16.1. The zero-order valence-corrected chi connectivity index (χ0v) is 10.4. The summed E-state index contributed by atoms with van der Waals surface area (Å²) in [5, 5.41) is 12.2. The standard InChI is InChI=1S/C14H17FN2O/c1-10-2-5-13(15)14(8-10)18-7-6-12(9-16)17-11-3-4-11/h2,5,8,11-12,17H,3-4,6-7H2,1H3. The second-order valence-electron chi connectivity index (χ2n) is 4.69. The number of ether oxygens (including phenoxy) is 1. The highest BCUT2D eigenvalue weighted by molar-refractivity contribution is 5.29. The molecule has 0 radical (unpaired) electrons. The molecular weight excluding hydrogens is 231 g/mol. The van der Waals surface area contributed by atoms with Crippen LogP contribution in [-0.4, -0.2) is 18.7 Å². The Morgan fingerprint density at radius 3 is 3.00 bits per heavy atom. The van der Waals surface area contributed by atoms with E-state index in [1.807, 2.05) is 6.92 Å². The van der Waals surface area contributed by atoms with Gasteiger partial charge >= 0.3 is 0 Å². The van der Waals surface area contributed by atoms with E-state index < -0.39 is 0 Å². The molecule has 3 nitrogen and oxygen atoms in total. The van der Waals surface area contributed by atoms with Gasteiger partial charge in [0.2, 0.25) is 0 Å². The molecule has 1 aliphatic rings. The molecule has 1 aliphatic carbocycles. The summed E-state index contributed by atoms with van der Waals surface area (Å²) < 4.78 is 18.8. The molecule has 0 heterocycles. The van der Waals surface area contributed by atoms with E-state index in [4.69, 9.17) is 10.00 Å². The van der Waals surface area contributed by atoms with Crippen LogP contribution < -0.4 is 10.1 Å². The van der Waals surface area contributed by atoms with Crippen LogP contribution >= 0.6 is 0 Å². The summed E-state index contributed by atoms with van der Waals surface area (Å²) in [5.41, 5.74) is 0.958. The maximum atomic E-state index is 13.4. The summed E-state index contributed by atoms with van der Waals surface area (Å²) in [4.78, 5) is 0. The van der Waals surface area contributed by atoms with E-state index in [-0.39, 0.29) is 17.6 Å². The van der Waals surface area contributed by atoms with Crippen molar-refractivity contribution >= 4 is 0 Å². The number of nitriles is 1. The third-order valence-corrected chi connectivity index (χ3v) is 2.92. The molecule has 96 valence electrons. The quantitative estimate of drug-likeness (QED) is 0.841. The van der Waals surface area contributed by atoms with Crippen LogP contribution in [0.25, 0.3) is 0 Å². The molecule has 0 spiro atoms. The number of nitrogens with one attached hydrogen (secondary N) is 1. The number of hydrogen-bond donors (Lipinski definition) is 1. The molecule has 1 unspecified atom stereocenters. The molecule has 18 heavy (non-hydrogen) atoms. The van der Waals surface area contributed by atoms with Crippen molar-refractivity contribution in [3.8, 4) is 11.8 Å². The topological polar surface area (TPSA) is 45.0 Å². The molecule has 0 saturated heterocycles. The summed E-state index contributed by atoms with van der Waals surface area (Å²) in [6, 6.07) is 7.26. The van der Waals surface area contributed by atoms with Gasteiger partial charge in [0.1, 0.15) is 0 Å². The average molecular weight is 248 g/mol. The average Bonchev–Trinajstić information content (AvgIpc) is 3.16. The van der Waals surface area contributed by atoms with Crippen molar-refractivity contribution in [2.45, 2.75) is 38.3 Å². The first-order chi connectivity index (χ1) is 8.69. The minimum absolute atomic E-state index is 0.203. The summed E-state index contributed by atoms with van der Waals surface area (Å²) in [5.74, 6) is -0.0950. The fourth-order valence-electron chi connectivity index (χ4n) is 1.73. The van der Waals surface area contributed by atoms with Crippen molar-refractivity contribution in [2.24, 2.45) is 0 Å². The Morgan fingerprint density at radius 2 is 2.33 bits per heavy atom. The van der Waals surface area contributed by atoms with E-state index in [0.29, 0.717) is 19.1 Å².